The smallest absolute Gasteiger partial charge is 0.312 e. The van der Waals surface area contributed by atoms with Crippen molar-refractivity contribution in [1.29, 1.82) is 0 Å². The Morgan fingerprint density at radius 2 is 1.76 bits per heavy atom. The highest BCUT2D eigenvalue weighted by Gasteiger charge is 2.40. The average Bonchev–Trinajstić information content (AvgIpc) is 2.75. The van der Waals surface area contributed by atoms with Crippen molar-refractivity contribution in [2.24, 2.45) is 35.0 Å². The van der Waals surface area contributed by atoms with E-state index in [1.165, 1.54) is 13.5 Å². The van der Waals surface area contributed by atoms with Gasteiger partial charge < -0.3 is 14.6 Å². The molecule has 0 aliphatic heterocycles. The number of carbonyl (C=O) groups excluding carboxylic acids is 2. The maximum absolute atomic E-state index is 13.5. The number of carbonyl (C=O) groups is 3. The van der Waals surface area contributed by atoms with Gasteiger partial charge >= 0.3 is 17.9 Å². The van der Waals surface area contributed by atoms with E-state index in [9.17, 15) is 19.5 Å². The van der Waals surface area contributed by atoms with Crippen LogP contribution >= 0.6 is 0 Å². The number of rotatable bonds is 14. The number of esters is 2. The molecule has 0 heterocycles. The van der Waals surface area contributed by atoms with Gasteiger partial charge in [-0.05, 0) is 81.5 Å². The van der Waals surface area contributed by atoms with E-state index in [2.05, 4.69) is 27.7 Å². The zero-order chi connectivity index (χ0) is 25.2. The third-order valence-electron chi connectivity index (χ3n) is 7.80. The van der Waals surface area contributed by atoms with Crippen molar-refractivity contribution in [3.05, 3.63) is 0 Å². The van der Waals surface area contributed by atoms with Crippen LogP contribution in [0.15, 0.2) is 0 Å². The molecule has 6 atom stereocenters. The molecule has 6 nitrogen and oxygen atoms in total. The van der Waals surface area contributed by atoms with Crippen LogP contribution in [0.1, 0.15) is 106 Å². The van der Waals surface area contributed by atoms with Gasteiger partial charge in [0.1, 0.15) is 6.10 Å². The van der Waals surface area contributed by atoms with Crippen molar-refractivity contribution in [1.82, 2.24) is 0 Å². The second-order valence-electron chi connectivity index (χ2n) is 11.1. The molecule has 1 aliphatic rings. The predicted molar refractivity (Wildman–Crippen MR) is 130 cm³/mol. The maximum atomic E-state index is 13.5. The van der Waals surface area contributed by atoms with E-state index in [-0.39, 0.29) is 36.3 Å². The van der Waals surface area contributed by atoms with Gasteiger partial charge in [-0.15, -0.1) is 0 Å². The first-order valence-corrected chi connectivity index (χ1v) is 12.9. The van der Waals surface area contributed by atoms with E-state index >= 15 is 0 Å². The zero-order valence-corrected chi connectivity index (χ0v) is 22.0. The van der Waals surface area contributed by atoms with E-state index in [1.807, 2.05) is 13.8 Å². The molecule has 0 bridgehead atoms. The van der Waals surface area contributed by atoms with Crippen LogP contribution in [0.5, 0.6) is 0 Å². The summed E-state index contributed by atoms with van der Waals surface area (Å²) in [6.07, 6.45) is 6.85. The summed E-state index contributed by atoms with van der Waals surface area (Å²) in [6, 6.07) is 0. The van der Waals surface area contributed by atoms with Crippen LogP contribution < -0.4 is 0 Å². The van der Waals surface area contributed by atoms with Crippen LogP contribution in [0.4, 0.5) is 0 Å². The molecule has 0 aromatic carbocycles. The van der Waals surface area contributed by atoms with Gasteiger partial charge in [0.05, 0.1) is 12.5 Å². The van der Waals surface area contributed by atoms with Crippen molar-refractivity contribution in [3.63, 3.8) is 0 Å². The maximum Gasteiger partial charge on any atom is 0.312 e. The third kappa shape index (κ3) is 10.1. The molecule has 33 heavy (non-hydrogen) atoms. The van der Waals surface area contributed by atoms with E-state index in [4.69, 9.17) is 9.47 Å². The first-order valence-electron chi connectivity index (χ1n) is 12.9. The lowest BCUT2D eigenvalue weighted by Crippen LogP contribution is -2.40. The molecule has 0 aromatic rings. The summed E-state index contributed by atoms with van der Waals surface area (Å²) >= 11 is 0. The number of hydrogen-bond acceptors (Lipinski definition) is 5. The minimum Gasteiger partial charge on any atom is -0.481 e. The molecule has 1 fully saturated rings. The van der Waals surface area contributed by atoms with Crippen LogP contribution in [0.3, 0.4) is 0 Å². The quantitative estimate of drug-likeness (QED) is 0.303. The topological polar surface area (TPSA) is 89.9 Å². The van der Waals surface area contributed by atoms with Crippen molar-refractivity contribution < 1.29 is 29.0 Å². The van der Waals surface area contributed by atoms with Crippen molar-refractivity contribution >= 4 is 17.9 Å². The van der Waals surface area contributed by atoms with E-state index < -0.39 is 11.4 Å². The molecule has 192 valence electrons. The number of hydrogen-bond donors (Lipinski definition) is 1. The van der Waals surface area contributed by atoms with Crippen molar-refractivity contribution in [2.45, 2.75) is 112 Å². The second kappa shape index (κ2) is 14.0. The van der Waals surface area contributed by atoms with E-state index in [0.717, 1.165) is 19.3 Å². The van der Waals surface area contributed by atoms with E-state index in [1.54, 1.807) is 0 Å². The fourth-order valence-electron chi connectivity index (χ4n) is 5.32. The summed E-state index contributed by atoms with van der Waals surface area (Å²) in [7, 11) is 1.39. The van der Waals surface area contributed by atoms with Crippen LogP contribution in [-0.2, 0) is 23.9 Å². The Kier molecular flexibility index (Phi) is 12.5. The van der Waals surface area contributed by atoms with Gasteiger partial charge in [-0.2, -0.15) is 0 Å². The van der Waals surface area contributed by atoms with Crippen LogP contribution in [0.2, 0.25) is 0 Å². The largest absolute Gasteiger partial charge is 0.481 e. The summed E-state index contributed by atoms with van der Waals surface area (Å²) in [5.41, 5.74) is -0.645. The molecule has 1 aliphatic carbocycles. The first-order chi connectivity index (χ1) is 15.4. The summed E-state index contributed by atoms with van der Waals surface area (Å²) in [5.74, 6) is 0.560. The SMILES string of the molecule is CCC(C)(CC(CCC(=O)O)CC(C)CCC(=O)OC)C(=O)OC1CC(C)CCC1C(C)C. The molecular formula is C27H48O6. The summed E-state index contributed by atoms with van der Waals surface area (Å²) in [6.45, 7) is 12.7. The molecular weight excluding hydrogens is 420 g/mol. The Bertz CT molecular complexity index is 630. The monoisotopic (exact) mass is 468 g/mol. The minimum atomic E-state index is -0.820. The Morgan fingerprint density at radius 1 is 1.09 bits per heavy atom. The van der Waals surface area contributed by atoms with Crippen LogP contribution in [0.25, 0.3) is 0 Å². The molecule has 6 heteroatoms. The molecule has 0 aromatic heterocycles. The molecule has 0 amide bonds. The highest BCUT2D eigenvalue weighted by molar-refractivity contribution is 5.76. The molecule has 1 rings (SSSR count). The highest BCUT2D eigenvalue weighted by Crippen LogP contribution is 2.40. The second-order valence-corrected chi connectivity index (χ2v) is 11.1. The van der Waals surface area contributed by atoms with E-state index in [0.29, 0.717) is 49.9 Å². The van der Waals surface area contributed by atoms with Gasteiger partial charge in [0, 0.05) is 12.8 Å². The Hall–Kier alpha value is -1.59. The fraction of sp³-hybridized carbons (Fsp3) is 0.889. The van der Waals surface area contributed by atoms with Crippen LogP contribution in [-0.4, -0.2) is 36.2 Å². The zero-order valence-electron chi connectivity index (χ0n) is 22.0. The van der Waals surface area contributed by atoms with Gasteiger partial charge in [0.2, 0.25) is 0 Å². The lowest BCUT2D eigenvalue weighted by molar-refractivity contribution is -0.169. The number of aliphatic carboxylic acids is 1. The van der Waals surface area contributed by atoms with Gasteiger partial charge in [-0.25, -0.2) is 0 Å². The summed E-state index contributed by atoms with van der Waals surface area (Å²) < 4.78 is 10.9. The summed E-state index contributed by atoms with van der Waals surface area (Å²) in [5, 5.41) is 9.24. The number of methoxy groups -OCH3 is 1. The average molecular weight is 469 g/mol. The van der Waals surface area contributed by atoms with Crippen LogP contribution in [0, 0.1) is 35.0 Å². The molecule has 1 N–H and O–H groups in total. The first kappa shape index (κ1) is 29.4. The molecule has 1 saturated carbocycles. The number of carboxylic acids is 1. The standard InChI is InChI=1S/C27H48O6/c1-8-27(6,26(31)33-23-16-20(5)9-12-22(23)18(2)3)17-21(11-13-24(28)29)15-19(4)10-14-25(30)32-7/h18-23H,8-17H2,1-7H3,(H,28,29). The van der Waals surface area contributed by atoms with Gasteiger partial charge in [0.25, 0.3) is 0 Å². The number of carboxylic acid groups (broad SMARTS) is 1. The van der Waals surface area contributed by atoms with Gasteiger partial charge in [-0.3, -0.25) is 14.4 Å². The fourth-order valence-corrected chi connectivity index (χ4v) is 5.32. The predicted octanol–water partition coefficient (Wildman–Crippen LogP) is 6.26. The molecule has 0 saturated heterocycles. The van der Waals surface area contributed by atoms with Crippen molar-refractivity contribution in [3.8, 4) is 0 Å². The highest BCUT2D eigenvalue weighted by atomic mass is 16.5. The minimum absolute atomic E-state index is 0.0384. The molecule has 0 spiro atoms. The van der Waals surface area contributed by atoms with Gasteiger partial charge in [-0.1, -0.05) is 41.0 Å². The lowest BCUT2D eigenvalue weighted by atomic mass is 9.73. The lowest BCUT2D eigenvalue weighted by Gasteiger charge is -2.39. The van der Waals surface area contributed by atoms with Gasteiger partial charge in [0.15, 0.2) is 0 Å². The summed E-state index contributed by atoms with van der Waals surface area (Å²) in [4.78, 5) is 36.2. The number of ether oxygens (including phenoxy) is 2. The van der Waals surface area contributed by atoms with Crippen molar-refractivity contribution in [2.75, 3.05) is 7.11 Å². The molecule has 0 radical (unpaired) electrons. The normalized spacial score (nSPS) is 24.5. The Labute approximate surface area is 201 Å². The molecule has 6 unspecified atom stereocenters. The Balaban J connectivity index is 2.89. The third-order valence-corrected chi connectivity index (χ3v) is 7.80. The Morgan fingerprint density at radius 3 is 2.30 bits per heavy atom.